The van der Waals surface area contributed by atoms with Crippen molar-refractivity contribution in [1.29, 1.82) is 0 Å². The number of carboxylic acid groups (broad SMARTS) is 1. The van der Waals surface area contributed by atoms with E-state index in [4.69, 9.17) is 16.3 Å². The third-order valence-corrected chi connectivity index (χ3v) is 9.39. The van der Waals surface area contributed by atoms with Crippen LogP contribution in [-0.2, 0) is 19.3 Å². The van der Waals surface area contributed by atoms with Crippen molar-refractivity contribution in [3.05, 3.63) is 17.0 Å². The number of amides is 1. The van der Waals surface area contributed by atoms with Gasteiger partial charge in [0.2, 0.25) is 5.28 Å². The largest absolute Gasteiger partial charge is 0.465 e. The Bertz CT molecular complexity index is 900. The zero-order valence-electron chi connectivity index (χ0n) is 16.3. The Morgan fingerprint density at radius 3 is 2.55 bits per heavy atom. The van der Waals surface area contributed by atoms with Gasteiger partial charge < -0.3 is 19.6 Å². The molecule has 3 fully saturated rings. The summed E-state index contributed by atoms with van der Waals surface area (Å²) in [4.78, 5) is 23.4. The van der Waals surface area contributed by atoms with Gasteiger partial charge in [-0.3, -0.25) is 0 Å². The Morgan fingerprint density at radius 2 is 1.97 bits per heavy atom. The molecule has 0 bridgehead atoms. The molecule has 0 radical (unpaired) electrons. The molecule has 1 amide bonds. The van der Waals surface area contributed by atoms with E-state index in [1.807, 2.05) is 11.8 Å². The van der Waals surface area contributed by atoms with E-state index in [2.05, 4.69) is 9.97 Å². The predicted octanol–water partition coefficient (Wildman–Crippen LogP) is 1.90. The first-order chi connectivity index (χ1) is 13.7. The summed E-state index contributed by atoms with van der Waals surface area (Å²) in [6.45, 7) is 4.04. The van der Waals surface area contributed by atoms with Gasteiger partial charge in [-0.25, -0.2) is 23.2 Å². The molecular weight excluding hydrogens is 420 g/mol. The Hall–Kier alpha value is -1.65. The zero-order chi connectivity index (χ0) is 20.8. The number of sulfone groups is 1. The van der Waals surface area contributed by atoms with Gasteiger partial charge in [-0.2, -0.15) is 0 Å². The summed E-state index contributed by atoms with van der Waals surface area (Å²) in [6, 6.07) is 1.80. The molecule has 3 heterocycles. The molecule has 160 valence electrons. The minimum absolute atomic E-state index is 0.00206. The lowest BCUT2D eigenvalue weighted by Gasteiger charge is -2.40. The van der Waals surface area contributed by atoms with Crippen LogP contribution < -0.4 is 4.90 Å². The summed E-state index contributed by atoms with van der Waals surface area (Å²) >= 11 is 6.24. The number of aromatic nitrogens is 2. The lowest BCUT2D eigenvalue weighted by atomic mass is 9.92. The van der Waals surface area contributed by atoms with Crippen LogP contribution in [0.2, 0.25) is 5.28 Å². The van der Waals surface area contributed by atoms with Gasteiger partial charge in [-0.05, 0) is 44.2 Å². The number of carbonyl (C=O) groups is 1. The number of halogens is 1. The van der Waals surface area contributed by atoms with Gasteiger partial charge in [-0.15, -0.1) is 0 Å². The summed E-state index contributed by atoms with van der Waals surface area (Å²) in [7, 11) is -3.54. The van der Waals surface area contributed by atoms with Gasteiger partial charge in [0, 0.05) is 25.7 Å². The molecule has 9 nitrogen and oxygen atoms in total. The van der Waals surface area contributed by atoms with E-state index in [-0.39, 0.29) is 37.3 Å². The third-order valence-electron chi connectivity index (χ3n) is 6.16. The van der Waals surface area contributed by atoms with Crippen LogP contribution in [-0.4, -0.2) is 78.6 Å². The highest BCUT2D eigenvalue weighted by molar-refractivity contribution is 7.93. The number of nitrogens with zero attached hydrogens (tertiary/aromatic N) is 4. The number of rotatable bonds is 4. The zero-order valence-corrected chi connectivity index (χ0v) is 17.8. The first kappa shape index (κ1) is 20.6. The van der Waals surface area contributed by atoms with E-state index in [1.165, 1.54) is 4.90 Å². The average Bonchev–Trinajstić information content (AvgIpc) is 3.53. The number of morpholine rings is 1. The Morgan fingerprint density at radius 1 is 1.28 bits per heavy atom. The monoisotopic (exact) mass is 444 g/mol. The number of hydrogen-bond donors (Lipinski definition) is 1. The number of ether oxygens (including phenoxy) is 1. The van der Waals surface area contributed by atoms with Crippen LogP contribution in [0.1, 0.15) is 38.3 Å². The Labute approximate surface area is 174 Å². The minimum Gasteiger partial charge on any atom is -0.465 e. The highest BCUT2D eigenvalue weighted by Crippen LogP contribution is 2.48. The van der Waals surface area contributed by atoms with Gasteiger partial charge >= 0.3 is 6.09 Å². The molecule has 1 aromatic heterocycles. The van der Waals surface area contributed by atoms with Crippen molar-refractivity contribution >= 4 is 33.3 Å². The molecule has 29 heavy (non-hydrogen) atoms. The second-order valence-electron chi connectivity index (χ2n) is 8.01. The van der Waals surface area contributed by atoms with Crippen molar-refractivity contribution in [1.82, 2.24) is 14.9 Å². The summed E-state index contributed by atoms with van der Waals surface area (Å²) in [6.07, 6.45) is 0.580. The average molecular weight is 445 g/mol. The molecule has 2 aliphatic heterocycles. The van der Waals surface area contributed by atoms with E-state index in [0.29, 0.717) is 44.1 Å². The SMILES string of the molecule is CC1COCCN1c1cc(C2(S(=O)(=O)C3CC3)CCN(C(=O)O)CC2)nc(Cl)n1. The van der Waals surface area contributed by atoms with Gasteiger partial charge in [0.05, 0.1) is 30.2 Å². The molecule has 4 rings (SSSR count). The van der Waals surface area contributed by atoms with Gasteiger partial charge in [0.15, 0.2) is 9.84 Å². The lowest BCUT2D eigenvalue weighted by molar-refractivity contribution is 0.0985. The lowest BCUT2D eigenvalue weighted by Crippen LogP contribution is -2.50. The van der Waals surface area contributed by atoms with Crippen molar-refractivity contribution in [3.8, 4) is 0 Å². The van der Waals surface area contributed by atoms with Crippen molar-refractivity contribution in [2.75, 3.05) is 37.7 Å². The summed E-state index contributed by atoms with van der Waals surface area (Å²) < 4.78 is 31.3. The first-order valence-electron chi connectivity index (χ1n) is 9.85. The van der Waals surface area contributed by atoms with Crippen molar-refractivity contribution < 1.29 is 23.1 Å². The molecule has 0 aromatic carbocycles. The molecule has 1 unspecified atom stereocenters. The highest BCUT2D eigenvalue weighted by atomic mass is 35.5. The Kier molecular flexibility index (Phi) is 5.37. The van der Waals surface area contributed by atoms with Crippen LogP contribution in [0.5, 0.6) is 0 Å². The standard InChI is InChI=1S/C18H25ClN4O5S/c1-12-11-28-9-8-23(12)15-10-14(20-16(19)21-15)18(29(26,27)13-2-3-13)4-6-22(7-5-18)17(24)25/h10,12-13H,2-9,11H2,1H3,(H,24,25). The number of hydrogen-bond acceptors (Lipinski definition) is 7. The fourth-order valence-electron chi connectivity index (χ4n) is 4.30. The molecule has 0 spiro atoms. The van der Waals surface area contributed by atoms with Crippen molar-refractivity contribution in [3.63, 3.8) is 0 Å². The predicted molar refractivity (Wildman–Crippen MR) is 107 cm³/mol. The fourth-order valence-corrected chi connectivity index (χ4v) is 7.02. The molecule has 1 N–H and O–H groups in total. The molecule has 1 atom stereocenters. The normalized spacial score (nSPS) is 25.1. The maximum atomic E-state index is 13.5. The molecule has 3 aliphatic rings. The number of anilines is 1. The quantitative estimate of drug-likeness (QED) is 0.700. The third kappa shape index (κ3) is 3.66. The maximum absolute atomic E-state index is 13.5. The second-order valence-corrected chi connectivity index (χ2v) is 10.9. The van der Waals surface area contributed by atoms with Crippen LogP contribution in [0.3, 0.4) is 0 Å². The summed E-state index contributed by atoms with van der Waals surface area (Å²) in [5.41, 5.74) is 0.378. The number of likely N-dealkylation sites (tertiary alicyclic amines) is 1. The first-order valence-corrected chi connectivity index (χ1v) is 11.8. The molecule has 1 aliphatic carbocycles. The van der Waals surface area contributed by atoms with Crippen LogP contribution in [0.15, 0.2) is 6.07 Å². The van der Waals surface area contributed by atoms with Crippen LogP contribution in [0, 0.1) is 0 Å². The summed E-state index contributed by atoms with van der Waals surface area (Å²) in [5.74, 6) is 0.585. The second kappa shape index (κ2) is 7.55. The summed E-state index contributed by atoms with van der Waals surface area (Å²) in [5, 5.41) is 8.91. The molecule has 1 aromatic rings. The van der Waals surface area contributed by atoms with Gasteiger partial charge in [-0.1, -0.05) is 0 Å². The van der Waals surface area contributed by atoms with E-state index < -0.39 is 25.9 Å². The van der Waals surface area contributed by atoms with Gasteiger partial charge in [0.25, 0.3) is 0 Å². The van der Waals surface area contributed by atoms with Crippen LogP contribution in [0.4, 0.5) is 10.6 Å². The smallest absolute Gasteiger partial charge is 0.407 e. The molecule has 11 heteroatoms. The minimum atomic E-state index is -3.54. The van der Waals surface area contributed by atoms with E-state index >= 15 is 0 Å². The topological polar surface area (TPSA) is 113 Å². The van der Waals surface area contributed by atoms with E-state index in [9.17, 15) is 18.3 Å². The highest BCUT2D eigenvalue weighted by Gasteiger charge is 2.55. The van der Waals surface area contributed by atoms with Crippen LogP contribution >= 0.6 is 11.6 Å². The molecular formula is C18H25ClN4O5S. The molecule has 2 saturated heterocycles. The fraction of sp³-hybridized carbons (Fsp3) is 0.722. The number of piperidine rings is 1. The van der Waals surface area contributed by atoms with E-state index in [0.717, 1.165) is 0 Å². The van der Waals surface area contributed by atoms with Gasteiger partial charge in [0.1, 0.15) is 10.6 Å². The van der Waals surface area contributed by atoms with E-state index in [1.54, 1.807) is 6.07 Å². The molecule has 1 saturated carbocycles. The Balaban J connectivity index is 1.76. The van der Waals surface area contributed by atoms with Crippen molar-refractivity contribution in [2.45, 2.75) is 48.6 Å². The maximum Gasteiger partial charge on any atom is 0.407 e. The van der Waals surface area contributed by atoms with Crippen LogP contribution in [0.25, 0.3) is 0 Å². The van der Waals surface area contributed by atoms with Crippen molar-refractivity contribution in [2.24, 2.45) is 0 Å².